The molecule has 114 valence electrons. The van der Waals surface area contributed by atoms with E-state index in [1.807, 2.05) is 0 Å². The van der Waals surface area contributed by atoms with Crippen LogP contribution in [0.2, 0.25) is 0 Å². The number of halogens is 1. The van der Waals surface area contributed by atoms with E-state index in [0.717, 1.165) is 12.8 Å². The van der Waals surface area contributed by atoms with E-state index in [4.69, 9.17) is 17.1 Å². The number of hydrogen-bond donors (Lipinski definition) is 0. The molecule has 1 atom stereocenters. The van der Waals surface area contributed by atoms with E-state index in [9.17, 15) is 16.8 Å². The predicted octanol–water partition coefficient (Wildman–Crippen LogP) is 1.33. The van der Waals surface area contributed by atoms with E-state index < -0.39 is 25.5 Å². The van der Waals surface area contributed by atoms with Gasteiger partial charge < -0.3 is 5.53 Å². The van der Waals surface area contributed by atoms with Crippen LogP contribution in [0, 0.1) is 5.92 Å². The Hall–Kier alpha value is -1.21. The molecule has 9 heteroatoms. The average Bonchev–Trinajstić information content (AvgIpc) is 2.92. The molecular weight excluding hydrogens is 336 g/mol. The summed E-state index contributed by atoms with van der Waals surface area (Å²) in [5.41, 5.74) is 9.11. The van der Waals surface area contributed by atoms with Crippen LogP contribution in [0.3, 0.4) is 0 Å². The molecular formula is C12H13ClN2O4S2. The third-order valence-electron chi connectivity index (χ3n) is 3.60. The molecule has 2 aliphatic rings. The van der Waals surface area contributed by atoms with Crippen molar-refractivity contribution < 1.29 is 21.6 Å². The highest BCUT2D eigenvalue weighted by Crippen LogP contribution is 2.31. The van der Waals surface area contributed by atoms with Gasteiger partial charge in [0, 0.05) is 0 Å². The SMILES string of the molecule is [N-]=[N+]=C(C1CCCC1)S(=O)(=O)C1=CC=CC(=S(=O)=O)C1Cl. The van der Waals surface area contributed by atoms with Gasteiger partial charge in [0.15, 0.2) is 0 Å². The van der Waals surface area contributed by atoms with Crippen LogP contribution >= 0.6 is 11.6 Å². The number of nitrogens with zero attached hydrogens (tertiary/aromatic N) is 2. The van der Waals surface area contributed by atoms with Gasteiger partial charge in [-0.25, -0.2) is 8.42 Å². The molecule has 0 heterocycles. The molecule has 21 heavy (non-hydrogen) atoms. The van der Waals surface area contributed by atoms with Gasteiger partial charge in [-0.15, -0.1) is 11.6 Å². The number of allylic oxidation sites excluding steroid dienone is 4. The lowest BCUT2D eigenvalue weighted by molar-refractivity contribution is -0.00727. The number of sulfone groups is 1. The summed E-state index contributed by atoms with van der Waals surface area (Å²) in [4.78, 5) is 2.47. The maximum Gasteiger partial charge on any atom is 0.388 e. The zero-order chi connectivity index (χ0) is 15.6. The standard InChI is InChI=1S/C12H13ClN2O4S2/c13-11-9(20(16)17)6-3-7-10(11)21(18,19)12(15-14)8-4-1-2-5-8/h3,6-8,11H,1-2,4-5H2. The van der Waals surface area contributed by atoms with Gasteiger partial charge in [-0.1, -0.05) is 18.9 Å². The average molecular weight is 349 g/mol. The Morgan fingerprint density at radius 3 is 2.48 bits per heavy atom. The minimum absolute atomic E-state index is 0.221. The molecule has 0 radical (unpaired) electrons. The molecule has 0 amide bonds. The summed E-state index contributed by atoms with van der Waals surface area (Å²) >= 11 is 5.97. The highest BCUT2D eigenvalue weighted by atomic mass is 35.5. The smallest absolute Gasteiger partial charge is 0.360 e. The van der Waals surface area contributed by atoms with Crippen molar-refractivity contribution in [3.63, 3.8) is 0 Å². The first-order valence-electron chi connectivity index (χ1n) is 6.35. The van der Waals surface area contributed by atoms with Crippen molar-refractivity contribution in [3.05, 3.63) is 28.7 Å². The molecule has 0 bridgehead atoms. The van der Waals surface area contributed by atoms with Crippen molar-refractivity contribution in [2.45, 2.75) is 31.1 Å². The second kappa shape index (κ2) is 6.27. The fourth-order valence-electron chi connectivity index (χ4n) is 2.56. The molecule has 0 N–H and O–H groups in total. The van der Waals surface area contributed by atoms with Crippen LogP contribution in [-0.2, 0) is 20.1 Å². The van der Waals surface area contributed by atoms with Crippen molar-refractivity contribution in [2.75, 3.05) is 0 Å². The Labute approximate surface area is 129 Å². The summed E-state index contributed by atoms with van der Waals surface area (Å²) in [5, 5.41) is -1.64. The summed E-state index contributed by atoms with van der Waals surface area (Å²) in [5.74, 6) is -0.350. The normalized spacial score (nSPS) is 22.8. The lowest BCUT2D eigenvalue weighted by Crippen LogP contribution is -2.32. The maximum atomic E-state index is 12.6. The lowest BCUT2D eigenvalue weighted by atomic mass is 10.1. The van der Waals surface area contributed by atoms with Gasteiger partial charge in [-0.2, -0.15) is 13.2 Å². The van der Waals surface area contributed by atoms with Gasteiger partial charge in [-0.3, -0.25) is 0 Å². The van der Waals surface area contributed by atoms with Crippen LogP contribution in [-0.4, -0.2) is 36.9 Å². The molecule has 0 spiro atoms. The van der Waals surface area contributed by atoms with Gasteiger partial charge in [0.25, 0.3) is 9.84 Å². The van der Waals surface area contributed by atoms with Crippen molar-refractivity contribution in [1.82, 2.24) is 0 Å². The van der Waals surface area contributed by atoms with Crippen LogP contribution in [0.5, 0.6) is 0 Å². The zero-order valence-corrected chi connectivity index (χ0v) is 13.3. The van der Waals surface area contributed by atoms with Crippen molar-refractivity contribution in [3.8, 4) is 0 Å². The zero-order valence-electron chi connectivity index (χ0n) is 10.9. The first-order chi connectivity index (χ1) is 9.89. The summed E-state index contributed by atoms with van der Waals surface area (Å²) in [6.45, 7) is 0. The van der Waals surface area contributed by atoms with Crippen molar-refractivity contribution in [1.29, 1.82) is 0 Å². The summed E-state index contributed by atoms with van der Waals surface area (Å²) in [6, 6.07) is 0. The number of rotatable bonds is 2. The second-order valence-electron chi connectivity index (χ2n) is 4.85. The van der Waals surface area contributed by atoms with Gasteiger partial charge in [0.2, 0.25) is 10.3 Å². The van der Waals surface area contributed by atoms with Gasteiger partial charge in [0.05, 0.1) is 15.7 Å². The van der Waals surface area contributed by atoms with E-state index in [1.165, 1.54) is 18.2 Å². The van der Waals surface area contributed by atoms with Crippen molar-refractivity contribution >= 4 is 41.6 Å². The molecule has 0 saturated heterocycles. The molecule has 0 aromatic heterocycles. The van der Waals surface area contributed by atoms with Crippen molar-refractivity contribution in [2.24, 2.45) is 5.92 Å². The second-order valence-corrected chi connectivity index (χ2v) is 8.12. The van der Waals surface area contributed by atoms with Gasteiger partial charge >= 0.3 is 5.04 Å². The Kier molecular flexibility index (Phi) is 4.83. The molecule has 1 unspecified atom stereocenters. The van der Waals surface area contributed by atoms with E-state index in [2.05, 4.69) is 4.79 Å². The molecule has 1 fully saturated rings. The molecule has 0 aromatic rings. The molecule has 1 saturated carbocycles. The predicted molar refractivity (Wildman–Crippen MR) is 80.3 cm³/mol. The molecule has 0 aromatic carbocycles. The summed E-state index contributed by atoms with van der Waals surface area (Å²) in [6.07, 6.45) is 6.77. The van der Waals surface area contributed by atoms with E-state index in [-0.39, 0.29) is 20.7 Å². The first kappa shape index (κ1) is 16.2. The van der Waals surface area contributed by atoms with Gasteiger partial charge in [0.1, 0.15) is 5.38 Å². The van der Waals surface area contributed by atoms with Crippen LogP contribution < -0.4 is 0 Å². The molecule has 6 nitrogen and oxygen atoms in total. The van der Waals surface area contributed by atoms with E-state index in [1.54, 1.807) is 0 Å². The Balaban J connectivity index is 2.49. The monoisotopic (exact) mass is 348 g/mol. The summed E-state index contributed by atoms with van der Waals surface area (Å²) < 4.78 is 47.3. The third kappa shape index (κ3) is 3.03. The Bertz CT molecular complexity index is 788. The highest BCUT2D eigenvalue weighted by Gasteiger charge is 2.43. The fraction of sp³-hybridized carbons (Fsp3) is 0.500. The Morgan fingerprint density at radius 1 is 1.33 bits per heavy atom. The number of alkyl halides is 1. The van der Waals surface area contributed by atoms with Crippen LogP contribution in [0.15, 0.2) is 23.1 Å². The van der Waals surface area contributed by atoms with E-state index in [0.29, 0.717) is 12.8 Å². The molecule has 2 aliphatic carbocycles. The fourth-order valence-corrected chi connectivity index (χ4v) is 5.52. The topological polar surface area (TPSA) is 105 Å². The molecule has 0 aliphatic heterocycles. The first-order valence-corrected chi connectivity index (χ1v) is 9.34. The lowest BCUT2D eigenvalue weighted by Gasteiger charge is -2.15. The minimum atomic E-state index is -4.09. The highest BCUT2D eigenvalue weighted by molar-refractivity contribution is 8.09. The van der Waals surface area contributed by atoms with Gasteiger partial charge in [-0.05, 0) is 25.0 Å². The van der Waals surface area contributed by atoms with Crippen LogP contribution in [0.25, 0.3) is 5.53 Å². The summed E-state index contributed by atoms with van der Waals surface area (Å²) in [7, 11) is -6.70. The largest absolute Gasteiger partial charge is 0.388 e. The molecule has 2 rings (SSSR count). The number of hydrogen-bond acceptors (Lipinski definition) is 4. The van der Waals surface area contributed by atoms with E-state index >= 15 is 0 Å². The quantitative estimate of drug-likeness (QED) is 0.187. The maximum absolute atomic E-state index is 12.6. The minimum Gasteiger partial charge on any atom is -0.360 e. The van der Waals surface area contributed by atoms with Crippen LogP contribution in [0.4, 0.5) is 0 Å². The third-order valence-corrected chi connectivity index (χ3v) is 7.05. The Morgan fingerprint density at radius 2 is 1.95 bits per heavy atom. The van der Waals surface area contributed by atoms with Crippen LogP contribution in [0.1, 0.15) is 25.7 Å².